The number of esters is 2. The van der Waals surface area contributed by atoms with Crippen LogP contribution < -0.4 is 0 Å². The lowest BCUT2D eigenvalue weighted by Gasteiger charge is -2.39. The normalized spacial score (nSPS) is 15.8. The van der Waals surface area contributed by atoms with E-state index in [-0.39, 0.29) is 24.5 Å². The van der Waals surface area contributed by atoms with Crippen LogP contribution in [0.4, 0.5) is 0 Å². The molecule has 0 bridgehead atoms. The number of unbranched alkanes of at least 4 members (excludes halogenated alkanes) is 21. The molecule has 7 heteroatoms. The fraction of sp³-hybridized carbons (Fsp3) is 0.962. The molecule has 2 fully saturated rings. The predicted octanol–water partition coefficient (Wildman–Crippen LogP) is 14.2. The molecule has 2 atom stereocenters. The highest BCUT2D eigenvalue weighted by Gasteiger charge is 2.27. The largest absolute Gasteiger partial charge is 0.465 e. The first-order valence-corrected chi connectivity index (χ1v) is 26.9. The fourth-order valence-electron chi connectivity index (χ4n) is 9.82. The number of rotatable bonds is 44. The first kappa shape index (κ1) is 55.0. The summed E-state index contributed by atoms with van der Waals surface area (Å²) in [6.45, 7) is 11.8. The predicted molar refractivity (Wildman–Crippen MR) is 255 cm³/mol. The maximum Gasteiger partial charge on any atom is 0.306 e. The van der Waals surface area contributed by atoms with Crippen molar-refractivity contribution in [2.24, 2.45) is 11.8 Å². The number of hydrogen-bond acceptors (Lipinski definition) is 7. The second-order valence-corrected chi connectivity index (χ2v) is 19.5. The quantitative estimate of drug-likeness (QED) is 0.0483. The number of hydrogen-bond donors (Lipinski definition) is 1. The Morgan fingerprint density at radius 2 is 0.867 bits per heavy atom. The average molecular weight is 847 g/mol. The molecule has 0 aliphatic heterocycles. The van der Waals surface area contributed by atoms with Gasteiger partial charge in [-0.2, -0.15) is 0 Å². The van der Waals surface area contributed by atoms with E-state index in [4.69, 9.17) is 9.47 Å². The van der Waals surface area contributed by atoms with Gasteiger partial charge in [0.25, 0.3) is 0 Å². The molecule has 0 aromatic heterocycles. The summed E-state index contributed by atoms with van der Waals surface area (Å²) in [5.41, 5.74) is 0. The van der Waals surface area contributed by atoms with Crippen LogP contribution in [0.25, 0.3) is 0 Å². The van der Waals surface area contributed by atoms with Gasteiger partial charge in [0.2, 0.25) is 0 Å². The summed E-state index contributed by atoms with van der Waals surface area (Å²) in [6.07, 6.45) is 45.0. The molecule has 2 saturated carbocycles. The van der Waals surface area contributed by atoms with E-state index in [2.05, 4.69) is 30.6 Å². The number of carbonyl (C=O) groups excluding carboxylic acids is 2. The van der Waals surface area contributed by atoms with Gasteiger partial charge in [-0.1, -0.05) is 188 Å². The van der Waals surface area contributed by atoms with Gasteiger partial charge in [-0.15, -0.1) is 0 Å². The molecule has 354 valence electrons. The van der Waals surface area contributed by atoms with Crippen molar-refractivity contribution in [3.05, 3.63) is 0 Å². The highest BCUT2D eigenvalue weighted by Crippen LogP contribution is 2.28. The number of aliphatic hydroxyl groups excluding tert-OH is 1. The van der Waals surface area contributed by atoms with E-state index in [1.807, 2.05) is 0 Å². The first-order chi connectivity index (χ1) is 29.5. The van der Waals surface area contributed by atoms with E-state index in [1.165, 1.54) is 180 Å². The molecule has 0 heterocycles. The molecule has 2 aliphatic rings. The lowest BCUT2D eigenvalue weighted by atomic mass is 9.91. The average Bonchev–Trinajstić information content (AvgIpc) is 3.77. The molecule has 0 spiro atoms. The molecule has 60 heavy (non-hydrogen) atoms. The van der Waals surface area contributed by atoms with Crippen LogP contribution in [0.3, 0.4) is 0 Å². The van der Waals surface area contributed by atoms with Crippen molar-refractivity contribution in [1.29, 1.82) is 0 Å². The van der Waals surface area contributed by atoms with Gasteiger partial charge in [0.15, 0.2) is 0 Å². The Labute approximate surface area is 373 Å². The van der Waals surface area contributed by atoms with E-state index < -0.39 is 0 Å². The molecule has 0 radical (unpaired) electrons. The van der Waals surface area contributed by atoms with Gasteiger partial charge in [-0.25, -0.2) is 0 Å². The second-order valence-electron chi connectivity index (χ2n) is 19.5. The smallest absolute Gasteiger partial charge is 0.306 e. The number of carbonyl (C=O) groups is 2. The van der Waals surface area contributed by atoms with E-state index >= 15 is 0 Å². The molecule has 0 saturated heterocycles. The zero-order valence-corrected chi connectivity index (χ0v) is 40.4. The van der Waals surface area contributed by atoms with Crippen LogP contribution in [0.5, 0.6) is 0 Å². The Morgan fingerprint density at radius 3 is 1.35 bits per heavy atom. The summed E-state index contributed by atoms with van der Waals surface area (Å²) < 4.78 is 12.0. The number of aliphatic hydroxyl groups is 1. The van der Waals surface area contributed by atoms with Crippen molar-refractivity contribution in [2.75, 3.05) is 46.0 Å². The van der Waals surface area contributed by atoms with Crippen LogP contribution in [-0.2, 0) is 19.1 Å². The lowest BCUT2D eigenvalue weighted by Crippen LogP contribution is -2.47. The van der Waals surface area contributed by atoms with Crippen LogP contribution in [0, 0.1) is 11.8 Å². The van der Waals surface area contributed by atoms with Crippen molar-refractivity contribution < 1.29 is 24.2 Å². The number of nitrogens with zero attached hydrogens (tertiary/aromatic N) is 2. The minimum atomic E-state index is -0.0914. The highest BCUT2D eigenvalue weighted by atomic mass is 16.5. The Hall–Kier alpha value is -1.18. The third-order valence-corrected chi connectivity index (χ3v) is 14.1. The Balaban J connectivity index is 1.83. The minimum Gasteiger partial charge on any atom is -0.465 e. The summed E-state index contributed by atoms with van der Waals surface area (Å²) in [5.74, 6) is 0.309. The maximum absolute atomic E-state index is 13.4. The molecule has 0 aromatic carbocycles. The van der Waals surface area contributed by atoms with Crippen molar-refractivity contribution in [3.63, 3.8) is 0 Å². The van der Waals surface area contributed by atoms with Gasteiger partial charge in [-0.3, -0.25) is 19.4 Å². The van der Waals surface area contributed by atoms with E-state index in [0.29, 0.717) is 44.1 Å². The van der Waals surface area contributed by atoms with Crippen molar-refractivity contribution in [1.82, 2.24) is 9.80 Å². The standard InChI is InChI=1S/C53H102N2O5/c1-4-7-10-13-15-16-17-18-19-20-21-23-26-39-52(57)59-46-49(47-60-53(58)45-48(32-24-12-9-6-3)33-25-22-14-11-8-5-2)34-29-30-40-54(51-37-31-38-51)41-42-55(43-44-56)50-35-27-28-36-50/h48-51,56H,4-47H2,1-3H3. The molecule has 1 N–H and O–H groups in total. The number of ether oxygens (including phenoxy) is 2. The van der Waals surface area contributed by atoms with Gasteiger partial charge in [0.1, 0.15) is 0 Å². The van der Waals surface area contributed by atoms with Crippen LogP contribution in [0.15, 0.2) is 0 Å². The molecule has 2 rings (SSSR count). The van der Waals surface area contributed by atoms with Crippen molar-refractivity contribution >= 4 is 11.9 Å². The first-order valence-electron chi connectivity index (χ1n) is 26.9. The molecule has 7 nitrogen and oxygen atoms in total. The third-order valence-electron chi connectivity index (χ3n) is 14.1. The van der Waals surface area contributed by atoms with Crippen LogP contribution in [0.1, 0.15) is 258 Å². The molecule has 2 unspecified atom stereocenters. The summed E-state index contributed by atoms with van der Waals surface area (Å²) in [4.78, 5) is 31.5. The summed E-state index contributed by atoms with van der Waals surface area (Å²) in [7, 11) is 0. The molecule has 0 aromatic rings. The van der Waals surface area contributed by atoms with E-state index in [0.717, 1.165) is 71.1 Å². The van der Waals surface area contributed by atoms with Gasteiger partial charge < -0.3 is 14.6 Å². The molecular formula is C53H102N2O5. The minimum absolute atomic E-state index is 0.0469. The monoisotopic (exact) mass is 847 g/mol. The van der Waals surface area contributed by atoms with Gasteiger partial charge in [0, 0.05) is 50.5 Å². The summed E-state index contributed by atoms with van der Waals surface area (Å²) in [5, 5.41) is 9.78. The van der Waals surface area contributed by atoms with Crippen molar-refractivity contribution in [2.45, 2.75) is 270 Å². The topological polar surface area (TPSA) is 79.3 Å². The third kappa shape index (κ3) is 29.2. The van der Waals surface area contributed by atoms with Crippen LogP contribution >= 0.6 is 0 Å². The summed E-state index contributed by atoms with van der Waals surface area (Å²) in [6, 6.07) is 1.33. The van der Waals surface area contributed by atoms with Crippen molar-refractivity contribution in [3.8, 4) is 0 Å². The maximum atomic E-state index is 13.4. The van der Waals surface area contributed by atoms with Crippen LogP contribution in [0.2, 0.25) is 0 Å². The van der Waals surface area contributed by atoms with E-state index in [9.17, 15) is 14.7 Å². The molecular weight excluding hydrogens is 745 g/mol. The summed E-state index contributed by atoms with van der Waals surface area (Å²) >= 11 is 0. The second kappa shape index (κ2) is 39.4. The van der Waals surface area contributed by atoms with Gasteiger partial charge >= 0.3 is 11.9 Å². The fourth-order valence-corrected chi connectivity index (χ4v) is 9.82. The highest BCUT2D eigenvalue weighted by molar-refractivity contribution is 5.70. The zero-order valence-electron chi connectivity index (χ0n) is 40.4. The molecule has 2 aliphatic carbocycles. The lowest BCUT2D eigenvalue weighted by molar-refractivity contribution is -0.150. The zero-order chi connectivity index (χ0) is 43.1. The Kier molecular flexibility index (Phi) is 36.1. The van der Waals surface area contributed by atoms with Crippen LogP contribution in [-0.4, -0.2) is 84.9 Å². The van der Waals surface area contributed by atoms with Gasteiger partial charge in [0.05, 0.1) is 19.8 Å². The SMILES string of the molecule is CCCCCCCCCCCCCCCC(=O)OCC(CCCCN(CCN(CCO)C1CCCC1)C1CCC1)COC(=O)CC(CCCCCC)CCCCCCCC. The van der Waals surface area contributed by atoms with Gasteiger partial charge in [-0.05, 0) is 70.3 Å². The Bertz CT molecular complexity index is 969. The van der Waals surface area contributed by atoms with E-state index in [1.54, 1.807) is 0 Å². The Morgan fingerprint density at radius 1 is 0.467 bits per heavy atom. The molecule has 0 amide bonds.